The van der Waals surface area contributed by atoms with E-state index >= 15 is 0 Å². The average Bonchev–Trinajstić information content (AvgIpc) is 2.61. The lowest BCUT2D eigenvalue weighted by Crippen LogP contribution is -2.31. The molecular weight excluding hydrogens is 380 g/mol. The Labute approximate surface area is 170 Å². The van der Waals surface area contributed by atoms with Crippen LogP contribution in [0.25, 0.3) is 0 Å². The molecule has 2 rings (SSSR count). The van der Waals surface area contributed by atoms with Crippen molar-refractivity contribution in [2.75, 3.05) is 25.5 Å². The molecule has 0 aliphatic carbocycles. The van der Waals surface area contributed by atoms with E-state index in [-0.39, 0.29) is 5.91 Å². The topological polar surface area (TPSA) is 67.9 Å². The molecule has 2 amide bonds. The third-order valence-corrected chi connectivity index (χ3v) is 3.86. The molecule has 2 aromatic rings. The Kier molecular flexibility index (Phi) is 7.29. The monoisotopic (exact) mass is 404 g/mol. The minimum Gasteiger partial charge on any atom is -0.492 e. The quantitative estimate of drug-likeness (QED) is 0.748. The van der Waals surface area contributed by atoms with Gasteiger partial charge >= 0.3 is 6.09 Å². The molecule has 0 saturated carbocycles. The molecule has 1 N–H and O–H groups in total. The Morgan fingerprint density at radius 1 is 1.11 bits per heavy atom. The van der Waals surface area contributed by atoms with Crippen LogP contribution >= 0.6 is 11.6 Å². The van der Waals surface area contributed by atoms with Gasteiger partial charge in [0.2, 0.25) is 0 Å². The standard InChI is InChI=1S/C21H25ClN2O4/c1-21(2,3)28-20(26)23-17-7-5-6-15(14-17)19(25)24(4)12-13-27-18-10-8-16(22)9-11-18/h5-11,14H,12-13H2,1-4H3,(H,23,26). The van der Waals surface area contributed by atoms with Gasteiger partial charge in [-0.3, -0.25) is 10.1 Å². The van der Waals surface area contributed by atoms with Gasteiger partial charge in [-0.25, -0.2) is 4.79 Å². The lowest BCUT2D eigenvalue weighted by Gasteiger charge is -2.20. The van der Waals surface area contributed by atoms with Crippen molar-refractivity contribution in [2.24, 2.45) is 0 Å². The maximum Gasteiger partial charge on any atom is 0.412 e. The predicted octanol–water partition coefficient (Wildman–Crippen LogP) is 4.84. The van der Waals surface area contributed by atoms with Crippen LogP contribution in [0.15, 0.2) is 48.5 Å². The van der Waals surface area contributed by atoms with Crippen molar-refractivity contribution in [2.45, 2.75) is 26.4 Å². The third-order valence-electron chi connectivity index (χ3n) is 3.61. The fraction of sp³-hybridized carbons (Fsp3) is 0.333. The second kappa shape index (κ2) is 9.46. The SMILES string of the molecule is CN(CCOc1ccc(Cl)cc1)C(=O)c1cccc(NC(=O)OC(C)(C)C)c1. The second-order valence-corrected chi connectivity index (χ2v) is 7.67. The number of rotatable bonds is 6. The summed E-state index contributed by atoms with van der Waals surface area (Å²) in [6, 6.07) is 13.8. The first kappa shape index (κ1) is 21.6. The van der Waals surface area contributed by atoms with E-state index in [1.54, 1.807) is 81.2 Å². The maximum atomic E-state index is 12.6. The molecule has 0 aliphatic rings. The molecule has 0 radical (unpaired) electrons. The summed E-state index contributed by atoms with van der Waals surface area (Å²) in [5, 5.41) is 3.27. The van der Waals surface area contributed by atoms with Crippen molar-refractivity contribution in [1.29, 1.82) is 0 Å². The van der Waals surface area contributed by atoms with Crippen LogP contribution in [0.5, 0.6) is 5.75 Å². The Balaban J connectivity index is 1.90. The molecule has 0 spiro atoms. The van der Waals surface area contributed by atoms with E-state index in [2.05, 4.69) is 5.32 Å². The van der Waals surface area contributed by atoms with Crippen LogP contribution in [0.4, 0.5) is 10.5 Å². The zero-order chi connectivity index (χ0) is 20.7. The number of carbonyl (C=O) groups excluding carboxylic acids is 2. The molecule has 0 fully saturated rings. The van der Waals surface area contributed by atoms with Crippen molar-refractivity contribution in [3.63, 3.8) is 0 Å². The van der Waals surface area contributed by atoms with E-state index in [4.69, 9.17) is 21.1 Å². The Morgan fingerprint density at radius 2 is 1.79 bits per heavy atom. The van der Waals surface area contributed by atoms with Gasteiger partial charge in [-0.05, 0) is 63.2 Å². The molecule has 150 valence electrons. The van der Waals surface area contributed by atoms with Crippen LogP contribution in [0.1, 0.15) is 31.1 Å². The number of nitrogens with zero attached hydrogens (tertiary/aromatic N) is 1. The van der Waals surface area contributed by atoms with E-state index < -0.39 is 11.7 Å². The fourth-order valence-electron chi connectivity index (χ4n) is 2.30. The first-order chi connectivity index (χ1) is 13.1. The molecule has 0 saturated heterocycles. The van der Waals surface area contributed by atoms with Crippen LogP contribution < -0.4 is 10.1 Å². The van der Waals surface area contributed by atoms with E-state index in [0.717, 1.165) is 0 Å². The van der Waals surface area contributed by atoms with Gasteiger partial charge in [-0.1, -0.05) is 17.7 Å². The molecule has 0 aliphatic heterocycles. The van der Waals surface area contributed by atoms with Gasteiger partial charge in [0.25, 0.3) is 5.91 Å². The zero-order valence-electron chi connectivity index (χ0n) is 16.5. The molecule has 0 aromatic heterocycles. The number of benzene rings is 2. The van der Waals surface area contributed by atoms with Crippen molar-refractivity contribution in [1.82, 2.24) is 4.90 Å². The summed E-state index contributed by atoms with van der Waals surface area (Å²) >= 11 is 5.84. The Hall–Kier alpha value is -2.73. The summed E-state index contributed by atoms with van der Waals surface area (Å²) in [6.45, 7) is 6.11. The number of hydrogen-bond acceptors (Lipinski definition) is 4. The van der Waals surface area contributed by atoms with Gasteiger partial charge in [0.15, 0.2) is 0 Å². The van der Waals surface area contributed by atoms with Crippen molar-refractivity contribution in [3.8, 4) is 5.75 Å². The van der Waals surface area contributed by atoms with E-state index in [9.17, 15) is 9.59 Å². The highest BCUT2D eigenvalue weighted by atomic mass is 35.5. The summed E-state index contributed by atoms with van der Waals surface area (Å²) < 4.78 is 10.8. The number of carbonyl (C=O) groups is 2. The van der Waals surface area contributed by atoms with Crippen LogP contribution in [0.2, 0.25) is 5.02 Å². The molecular formula is C21H25ClN2O4. The molecule has 0 unspecified atom stereocenters. The van der Waals surface area contributed by atoms with Gasteiger partial charge in [-0.2, -0.15) is 0 Å². The minimum absolute atomic E-state index is 0.174. The molecule has 6 nitrogen and oxygen atoms in total. The molecule has 0 atom stereocenters. The first-order valence-electron chi connectivity index (χ1n) is 8.88. The van der Waals surface area contributed by atoms with E-state index in [1.807, 2.05) is 0 Å². The summed E-state index contributed by atoms with van der Waals surface area (Å²) in [4.78, 5) is 26.1. The zero-order valence-corrected chi connectivity index (χ0v) is 17.2. The lowest BCUT2D eigenvalue weighted by atomic mass is 10.1. The van der Waals surface area contributed by atoms with Crippen molar-refractivity contribution >= 4 is 29.3 Å². The van der Waals surface area contributed by atoms with E-state index in [0.29, 0.717) is 35.2 Å². The van der Waals surface area contributed by atoms with Crippen LogP contribution in [0, 0.1) is 0 Å². The Morgan fingerprint density at radius 3 is 2.43 bits per heavy atom. The van der Waals surface area contributed by atoms with Crippen LogP contribution in [-0.4, -0.2) is 42.7 Å². The largest absolute Gasteiger partial charge is 0.492 e. The lowest BCUT2D eigenvalue weighted by molar-refractivity contribution is 0.0635. The summed E-state index contributed by atoms with van der Waals surface area (Å²) in [5.74, 6) is 0.515. The van der Waals surface area contributed by atoms with Crippen molar-refractivity contribution in [3.05, 3.63) is 59.1 Å². The highest BCUT2D eigenvalue weighted by Gasteiger charge is 2.17. The minimum atomic E-state index is -0.595. The number of likely N-dealkylation sites (N-methyl/N-ethyl adjacent to an activating group) is 1. The number of nitrogens with one attached hydrogen (secondary N) is 1. The van der Waals surface area contributed by atoms with Gasteiger partial charge in [0, 0.05) is 23.3 Å². The second-order valence-electron chi connectivity index (χ2n) is 7.24. The molecule has 0 heterocycles. The fourth-order valence-corrected chi connectivity index (χ4v) is 2.43. The highest BCUT2D eigenvalue weighted by molar-refractivity contribution is 6.30. The smallest absolute Gasteiger partial charge is 0.412 e. The number of hydrogen-bond donors (Lipinski definition) is 1. The van der Waals surface area contributed by atoms with Gasteiger partial charge in [-0.15, -0.1) is 0 Å². The van der Waals surface area contributed by atoms with Gasteiger partial charge in [0.05, 0.1) is 6.54 Å². The number of halogens is 1. The number of anilines is 1. The van der Waals surface area contributed by atoms with Crippen LogP contribution in [-0.2, 0) is 4.74 Å². The number of ether oxygens (including phenoxy) is 2. The summed E-state index contributed by atoms with van der Waals surface area (Å²) in [6.07, 6.45) is -0.568. The number of amides is 2. The average molecular weight is 405 g/mol. The highest BCUT2D eigenvalue weighted by Crippen LogP contribution is 2.16. The molecule has 28 heavy (non-hydrogen) atoms. The molecule has 7 heteroatoms. The predicted molar refractivity (Wildman–Crippen MR) is 110 cm³/mol. The van der Waals surface area contributed by atoms with Crippen molar-refractivity contribution < 1.29 is 19.1 Å². The summed E-state index contributed by atoms with van der Waals surface area (Å²) in [5.41, 5.74) is 0.357. The van der Waals surface area contributed by atoms with Crippen LogP contribution in [0.3, 0.4) is 0 Å². The third kappa shape index (κ3) is 7.12. The van der Waals surface area contributed by atoms with Gasteiger partial charge in [0.1, 0.15) is 18.0 Å². The summed E-state index contributed by atoms with van der Waals surface area (Å²) in [7, 11) is 1.70. The molecule has 0 bridgehead atoms. The first-order valence-corrected chi connectivity index (χ1v) is 9.26. The Bertz CT molecular complexity index is 816. The molecule has 2 aromatic carbocycles. The van der Waals surface area contributed by atoms with Gasteiger partial charge < -0.3 is 14.4 Å². The maximum absolute atomic E-state index is 12.6. The van der Waals surface area contributed by atoms with E-state index in [1.165, 1.54) is 0 Å². The normalized spacial score (nSPS) is 10.9.